The van der Waals surface area contributed by atoms with Crippen molar-refractivity contribution >= 4 is 30.7 Å². The van der Waals surface area contributed by atoms with Crippen LogP contribution in [0, 0.1) is 0 Å². The van der Waals surface area contributed by atoms with Crippen LogP contribution >= 0.6 is 24.8 Å². The minimum atomic E-state index is -0.0225. The molecule has 6 heteroatoms. The molecule has 1 aromatic carbocycles. The first-order chi connectivity index (χ1) is 8.71. The molecule has 0 atom stereocenters. The highest BCUT2D eigenvalue weighted by molar-refractivity contribution is 5.94. The molecule has 0 radical (unpaired) electrons. The summed E-state index contributed by atoms with van der Waals surface area (Å²) in [5, 5.41) is 2.92. The van der Waals surface area contributed by atoms with Gasteiger partial charge in [-0.1, -0.05) is 26.0 Å². The molecule has 0 unspecified atom stereocenters. The standard InChI is InChI=1S/C14H23N3O.2ClH/c1-3-17(4-2)10-9-16-14(18)13-7-5-12(11-15)6-8-13;;/h5-8H,3-4,9-11,15H2,1-2H3,(H,16,18);2*1H. The van der Waals surface area contributed by atoms with Crippen LogP contribution in [0.25, 0.3) is 0 Å². The molecule has 0 aliphatic heterocycles. The van der Waals surface area contributed by atoms with Crippen LogP contribution in [0.15, 0.2) is 24.3 Å². The largest absolute Gasteiger partial charge is 0.351 e. The third-order valence-electron chi connectivity index (χ3n) is 3.06. The van der Waals surface area contributed by atoms with Crippen LogP contribution in [0.4, 0.5) is 0 Å². The van der Waals surface area contributed by atoms with Crippen LogP contribution < -0.4 is 11.1 Å². The number of nitrogens with zero attached hydrogens (tertiary/aromatic N) is 1. The number of nitrogens with two attached hydrogens (primary N) is 1. The first-order valence-corrected chi connectivity index (χ1v) is 6.50. The van der Waals surface area contributed by atoms with Gasteiger partial charge < -0.3 is 16.0 Å². The summed E-state index contributed by atoms with van der Waals surface area (Å²) in [6, 6.07) is 7.41. The van der Waals surface area contributed by atoms with Gasteiger partial charge >= 0.3 is 0 Å². The van der Waals surface area contributed by atoms with Gasteiger partial charge in [-0.05, 0) is 30.8 Å². The highest BCUT2D eigenvalue weighted by atomic mass is 35.5. The summed E-state index contributed by atoms with van der Waals surface area (Å²) >= 11 is 0. The van der Waals surface area contributed by atoms with Gasteiger partial charge in [0.25, 0.3) is 5.91 Å². The topological polar surface area (TPSA) is 58.4 Å². The van der Waals surface area contributed by atoms with E-state index in [1.807, 2.05) is 24.3 Å². The van der Waals surface area contributed by atoms with Gasteiger partial charge in [0.05, 0.1) is 0 Å². The van der Waals surface area contributed by atoms with Crippen molar-refractivity contribution in [3.8, 4) is 0 Å². The molecular formula is C14H25Cl2N3O. The van der Waals surface area contributed by atoms with E-state index < -0.39 is 0 Å². The Labute approximate surface area is 133 Å². The number of carbonyl (C=O) groups is 1. The minimum Gasteiger partial charge on any atom is -0.351 e. The van der Waals surface area contributed by atoms with Crippen molar-refractivity contribution in [2.24, 2.45) is 5.73 Å². The van der Waals surface area contributed by atoms with Gasteiger partial charge in [-0.25, -0.2) is 0 Å². The van der Waals surface area contributed by atoms with Crippen molar-refractivity contribution in [3.05, 3.63) is 35.4 Å². The van der Waals surface area contributed by atoms with Crippen molar-refractivity contribution in [3.63, 3.8) is 0 Å². The number of halogens is 2. The van der Waals surface area contributed by atoms with Gasteiger partial charge in [-0.15, -0.1) is 24.8 Å². The lowest BCUT2D eigenvalue weighted by molar-refractivity contribution is 0.0949. The van der Waals surface area contributed by atoms with Crippen molar-refractivity contribution < 1.29 is 4.79 Å². The second-order valence-electron chi connectivity index (χ2n) is 4.18. The number of hydrogen-bond acceptors (Lipinski definition) is 3. The predicted octanol–water partition coefficient (Wildman–Crippen LogP) is 2.06. The fourth-order valence-electron chi connectivity index (χ4n) is 1.76. The van der Waals surface area contributed by atoms with Gasteiger partial charge in [-0.3, -0.25) is 4.79 Å². The Kier molecular flexibility index (Phi) is 12.9. The van der Waals surface area contributed by atoms with Crippen LogP contribution in [-0.4, -0.2) is 37.0 Å². The molecule has 0 saturated heterocycles. The maximum absolute atomic E-state index is 11.8. The molecular weight excluding hydrogens is 297 g/mol. The zero-order chi connectivity index (χ0) is 13.4. The molecule has 20 heavy (non-hydrogen) atoms. The number of rotatable bonds is 7. The average Bonchev–Trinajstić information content (AvgIpc) is 2.43. The molecule has 116 valence electrons. The molecule has 0 fully saturated rings. The number of amides is 1. The van der Waals surface area contributed by atoms with E-state index in [1.165, 1.54) is 0 Å². The molecule has 3 N–H and O–H groups in total. The lowest BCUT2D eigenvalue weighted by Crippen LogP contribution is -2.34. The summed E-state index contributed by atoms with van der Waals surface area (Å²) in [5.74, 6) is -0.0225. The molecule has 0 bridgehead atoms. The summed E-state index contributed by atoms with van der Waals surface area (Å²) in [6.45, 7) is 8.34. The van der Waals surface area contributed by atoms with E-state index >= 15 is 0 Å². The fraction of sp³-hybridized carbons (Fsp3) is 0.500. The molecule has 0 aliphatic rings. The van der Waals surface area contributed by atoms with Gasteiger partial charge in [0, 0.05) is 25.2 Å². The molecule has 0 aliphatic carbocycles. The molecule has 4 nitrogen and oxygen atoms in total. The molecule has 0 heterocycles. The Balaban J connectivity index is 0. The van der Waals surface area contributed by atoms with Crippen LogP contribution in [-0.2, 0) is 6.54 Å². The molecule has 0 saturated carbocycles. The number of hydrogen-bond donors (Lipinski definition) is 2. The average molecular weight is 322 g/mol. The Bertz CT molecular complexity index is 367. The van der Waals surface area contributed by atoms with Crippen LogP contribution in [0.3, 0.4) is 0 Å². The Morgan fingerprint density at radius 3 is 2.15 bits per heavy atom. The van der Waals surface area contributed by atoms with E-state index in [0.29, 0.717) is 18.7 Å². The van der Waals surface area contributed by atoms with Crippen LogP contribution in [0.5, 0.6) is 0 Å². The quantitative estimate of drug-likeness (QED) is 0.808. The Morgan fingerprint density at radius 2 is 1.70 bits per heavy atom. The fourth-order valence-corrected chi connectivity index (χ4v) is 1.76. The second kappa shape index (κ2) is 12.0. The first-order valence-electron chi connectivity index (χ1n) is 6.50. The van der Waals surface area contributed by atoms with Crippen molar-refractivity contribution in [1.82, 2.24) is 10.2 Å². The van der Waals surface area contributed by atoms with E-state index in [9.17, 15) is 4.79 Å². The molecule has 0 spiro atoms. The van der Waals surface area contributed by atoms with E-state index in [-0.39, 0.29) is 30.7 Å². The van der Waals surface area contributed by atoms with Crippen molar-refractivity contribution in [2.75, 3.05) is 26.2 Å². The van der Waals surface area contributed by atoms with Crippen molar-refractivity contribution in [2.45, 2.75) is 20.4 Å². The lowest BCUT2D eigenvalue weighted by atomic mass is 10.1. The van der Waals surface area contributed by atoms with E-state index in [1.54, 1.807) is 0 Å². The summed E-state index contributed by atoms with van der Waals surface area (Å²) < 4.78 is 0. The van der Waals surface area contributed by atoms with Gasteiger partial charge in [0.15, 0.2) is 0 Å². The van der Waals surface area contributed by atoms with E-state index in [2.05, 4.69) is 24.1 Å². The summed E-state index contributed by atoms with van der Waals surface area (Å²) in [7, 11) is 0. The number of likely N-dealkylation sites (N-methyl/N-ethyl adjacent to an activating group) is 1. The Hall–Kier alpha value is -0.810. The van der Waals surface area contributed by atoms with Crippen molar-refractivity contribution in [1.29, 1.82) is 0 Å². The first kappa shape index (κ1) is 21.5. The smallest absolute Gasteiger partial charge is 0.251 e. The maximum Gasteiger partial charge on any atom is 0.251 e. The predicted molar refractivity (Wildman–Crippen MR) is 89.0 cm³/mol. The molecule has 1 aromatic rings. The number of carbonyl (C=O) groups excluding carboxylic acids is 1. The maximum atomic E-state index is 11.8. The zero-order valence-electron chi connectivity index (χ0n) is 12.1. The summed E-state index contributed by atoms with van der Waals surface area (Å²) in [6.07, 6.45) is 0. The monoisotopic (exact) mass is 321 g/mol. The van der Waals surface area contributed by atoms with E-state index in [4.69, 9.17) is 5.73 Å². The molecule has 0 aromatic heterocycles. The minimum absolute atomic E-state index is 0. The Morgan fingerprint density at radius 1 is 1.15 bits per heavy atom. The highest BCUT2D eigenvalue weighted by Gasteiger charge is 2.05. The highest BCUT2D eigenvalue weighted by Crippen LogP contribution is 2.03. The lowest BCUT2D eigenvalue weighted by Gasteiger charge is -2.17. The van der Waals surface area contributed by atoms with Crippen LogP contribution in [0.1, 0.15) is 29.8 Å². The summed E-state index contributed by atoms with van der Waals surface area (Å²) in [4.78, 5) is 14.1. The second-order valence-corrected chi connectivity index (χ2v) is 4.18. The normalized spacial score (nSPS) is 9.60. The zero-order valence-corrected chi connectivity index (χ0v) is 13.7. The number of nitrogens with one attached hydrogen (secondary N) is 1. The third-order valence-corrected chi connectivity index (χ3v) is 3.06. The van der Waals surface area contributed by atoms with E-state index in [0.717, 1.165) is 25.2 Å². The molecule has 1 rings (SSSR count). The van der Waals surface area contributed by atoms with Gasteiger partial charge in [0.2, 0.25) is 0 Å². The van der Waals surface area contributed by atoms with Crippen LogP contribution in [0.2, 0.25) is 0 Å². The molecule has 1 amide bonds. The van der Waals surface area contributed by atoms with Gasteiger partial charge in [0.1, 0.15) is 0 Å². The third kappa shape index (κ3) is 7.10. The number of benzene rings is 1. The summed E-state index contributed by atoms with van der Waals surface area (Å²) in [5.41, 5.74) is 7.24. The SMILES string of the molecule is CCN(CC)CCNC(=O)c1ccc(CN)cc1.Cl.Cl. The van der Waals surface area contributed by atoms with Gasteiger partial charge in [-0.2, -0.15) is 0 Å².